The standard InChI is InChI=1S/C18H19F3N2O/c19-18(20,21)17(24)23(11-9-14-5-2-1-3-6-14)12-10-15-7-4-8-16(22)13-15/h1-8,13H,9-12,22H2. The van der Waals surface area contributed by atoms with E-state index in [9.17, 15) is 18.0 Å². The van der Waals surface area contributed by atoms with Gasteiger partial charge in [-0.2, -0.15) is 13.2 Å². The molecule has 0 aliphatic heterocycles. The molecule has 0 aromatic heterocycles. The fourth-order valence-corrected chi connectivity index (χ4v) is 2.42. The average Bonchev–Trinajstić information content (AvgIpc) is 2.54. The van der Waals surface area contributed by atoms with E-state index in [1.807, 2.05) is 30.3 Å². The maximum atomic E-state index is 12.8. The van der Waals surface area contributed by atoms with Gasteiger partial charge in [-0.05, 0) is 36.1 Å². The Hall–Kier alpha value is -2.50. The fourth-order valence-electron chi connectivity index (χ4n) is 2.42. The number of benzene rings is 2. The van der Waals surface area contributed by atoms with Crippen LogP contribution < -0.4 is 5.73 Å². The highest BCUT2D eigenvalue weighted by atomic mass is 19.4. The van der Waals surface area contributed by atoms with Crippen LogP contribution in [0.1, 0.15) is 11.1 Å². The van der Waals surface area contributed by atoms with Gasteiger partial charge in [-0.15, -0.1) is 0 Å². The molecule has 0 heterocycles. The summed E-state index contributed by atoms with van der Waals surface area (Å²) in [5.41, 5.74) is 7.91. The van der Waals surface area contributed by atoms with Crippen LogP contribution in [-0.2, 0) is 17.6 Å². The molecule has 0 spiro atoms. The maximum absolute atomic E-state index is 12.8. The molecule has 0 fully saturated rings. The number of carbonyl (C=O) groups excluding carboxylic acids is 1. The molecular weight excluding hydrogens is 317 g/mol. The third-order valence-corrected chi connectivity index (χ3v) is 3.66. The van der Waals surface area contributed by atoms with Crippen molar-refractivity contribution in [2.75, 3.05) is 18.8 Å². The molecule has 0 atom stereocenters. The average molecular weight is 336 g/mol. The molecule has 2 rings (SSSR count). The Morgan fingerprint density at radius 1 is 0.917 bits per heavy atom. The lowest BCUT2D eigenvalue weighted by molar-refractivity contribution is -0.185. The van der Waals surface area contributed by atoms with Gasteiger partial charge in [-0.1, -0.05) is 42.5 Å². The third-order valence-electron chi connectivity index (χ3n) is 3.66. The Kier molecular flexibility index (Phi) is 5.84. The summed E-state index contributed by atoms with van der Waals surface area (Å²) >= 11 is 0. The number of hydrogen-bond donors (Lipinski definition) is 1. The first-order valence-electron chi connectivity index (χ1n) is 7.60. The Labute approximate surface area is 138 Å². The highest BCUT2D eigenvalue weighted by molar-refractivity contribution is 5.81. The van der Waals surface area contributed by atoms with E-state index < -0.39 is 12.1 Å². The summed E-state index contributed by atoms with van der Waals surface area (Å²) in [6, 6.07) is 16.1. The van der Waals surface area contributed by atoms with E-state index in [-0.39, 0.29) is 13.1 Å². The Morgan fingerprint density at radius 3 is 2.08 bits per heavy atom. The van der Waals surface area contributed by atoms with Gasteiger partial charge in [-0.25, -0.2) is 0 Å². The van der Waals surface area contributed by atoms with E-state index in [0.29, 0.717) is 18.5 Å². The smallest absolute Gasteiger partial charge is 0.399 e. The zero-order valence-corrected chi connectivity index (χ0v) is 13.1. The van der Waals surface area contributed by atoms with Crippen molar-refractivity contribution in [1.29, 1.82) is 0 Å². The summed E-state index contributed by atoms with van der Waals surface area (Å²) < 4.78 is 38.4. The van der Waals surface area contributed by atoms with E-state index in [4.69, 9.17) is 5.73 Å². The Balaban J connectivity index is 2.03. The van der Waals surface area contributed by atoms with Crippen molar-refractivity contribution >= 4 is 11.6 Å². The molecular formula is C18H19F3N2O. The number of carbonyl (C=O) groups is 1. The normalized spacial score (nSPS) is 11.3. The number of nitrogens with zero attached hydrogens (tertiary/aromatic N) is 1. The molecule has 0 radical (unpaired) electrons. The van der Waals surface area contributed by atoms with Crippen molar-refractivity contribution in [3.8, 4) is 0 Å². The topological polar surface area (TPSA) is 46.3 Å². The van der Waals surface area contributed by atoms with Crippen LogP contribution in [0.4, 0.5) is 18.9 Å². The predicted octanol–water partition coefficient (Wildman–Crippen LogP) is 3.44. The number of rotatable bonds is 6. The van der Waals surface area contributed by atoms with Crippen molar-refractivity contribution < 1.29 is 18.0 Å². The van der Waals surface area contributed by atoms with E-state index >= 15 is 0 Å². The van der Waals surface area contributed by atoms with Crippen molar-refractivity contribution in [1.82, 2.24) is 4.90 Å². The lowest BCUT2D eigenvalue weighted by Gasteiger charge is -2.24. The van der Waals surface area contributed by atoms with Crippen LogP contribution in [0.25, 0.3) is 0 Å². The van der Waals surface area contributed by atoms with Crippen molar-refractivity contribution in [2.45, 2.75) is 19.0 Å². The van der Waals surface area contributed by atoms with E-state index in [0.717, 1.165) is 16.0 Å². The zero-order valence-electron chi connectivity index (χ0n) is 13.1. The van der Waals surface area contributed by atoms with Crippen LogP contribution >= 0.6 is 0 Å². The first-order chi connectivity index (χ1) is 11.4. The highest BCUT2D eigenvalue weighted by Crippen LogP contribution is 2.19. The molecule has 128 valence electrons. The summed E-state index contributed by atoms with van der Waals surface area (Å²) in [5.74, 6) is -1.80. The second kappa shape index (κ2) is 7.86. The molecule has 2 aromatic carbocycles. The van der Waals surface area contributed by atoms with Crippen molar-refractivity contribution in [3.63, 3.8) is 0 Å². The molecule has 2 N–H and O–H groups in total. The highest BCUT2D eigenvalue weighted by Gasteiger charge is 2.42. The molecule has 1 amide bonds. The SMILES string of the molecule is Nc1cccc(CCN(CCc2ccccc2)C(=O)C(F)(F)F)c1. The van der Waals surface area contributed by atoms with Crippen LogP contribution in [0.2, 0.25) is 0 Å². The van der Waals surface area contributed by atoms with Crippen LogP contribution in [0.5, 0.6) is 0 Å². The summed E-state index contributed by atoms with van der Waals surface area (Å²) in [4.78, 5) is 12.5. The van der Waals surface area contributed by atoms with Gasteiger partial charge in [0.2, 0.25) is 0 Å². The number of halogens is 3. The quantitative estimate of drug-likeness (QED) is 0.822. The first-order valence-corrected chi connectivity index (χ1v) is 7.60. The van der Waals surface area contributed by atoms with Gasteiger partial charge in [0.25, 0.3) is 0 Å². The van der Waals surface area contributed by atoms with E-state index in [1.54, 1.807) is 24.3 Å². The van der Waals surface area contributed by atoms with E-state index in [2.05, 4.69) is 0 Å². The molecule has 2 aromatic rings. The lowest BCUT2D eigenvalue weighted by atomic mass is 10.1. The van der Waals surface area contributed by atoms with Crippen molar-refractivity contribution in [3.05, 3.63) is 65.7 Å². The molecule has 0 bridgehead atoms. The zero-order chi connectivity index (χ0) is 17.6. The Morgan fingerprint density at radius 2 is 1.50 bits per heavy atom. The maximum Gasteiger partial charge on any atom is 0.471 e. The fraction of sp³-hybridized carbons (Fsp3) is 0.278. The molecule has 0 saturated carbocycles. The summed E-state index contributed by atoms with van der Waals surface area (Å²) in [7, 11) is 0. The van der Waals surface area contributed by atoms with Gasteiger partial charge >= 0.3 is 12.1 Å². The summed E-state index contributed by atoms with van der Waals surface area (Å²) in [6.07, 6.45) is -4.17. The first kappa shape index (κ1) is 17.8. The number of hydrogen-bond acceptors (Lipinski definition) is 2. The number of alkyl halides is 3. The molecule has 3 nitrogen and oxygen atoms in total. The molecule has 0 aliphatic carbocycles. The lowest BCUT2D eigenvalue weighted by Crippen LogP contribution is -2.43. The summed E-state index contributed by atoms with van der Waals surface area (Å²) in [5, 5.41) is 0. The van der Waals surface area contributed by atoms with Gasteiger partial charge < -0.3 is 10.6 Å². The minimum atomic E-state index is -4.87. The Bertz CT molecular complexity index is 671. The minimum Gasteiger partial charge on any atom is -0.399 e. The number of amides is 1. The van der Waals surface area contributed by atoms with Gasteiger partial charge in [0, 0.05) is 18.8 Å². The van der Waals surface area contributed by atoms with Crippen molar-refractivity contribution in [2.24, 2.45) is 0 Å². The van der Waals surface area contributed by atoms with Gasteiger partial charge in [0.15, 0.2) is 0 Å². The van der Waals surface area contributed by atoms with E-state index in [1.165, 1.54) is 0 Å². The van der Waals surface area contributed by atoms with Crippen LogP contribution in [0.15, 0.2) is 54.6 Å². The molecule has 0 saturated heterocycles. The monoisotopic (exact) mass is 336 g/mol. The van der Waals surface area contributed by atoms with Crippen LogP contribution in [-0.4, -0.2) is 30.1 Å². The minimum absolute atomic E-state index is 0.00533. The second-order valence-corrected chi connectivity index (χ2v) is 5.52. The summed E-state index contributed by atoms with van der Waals surface area (Å²) in [6.45, 7) is 0.0132. The van der Waals surface area contributed by atoms with Gasteiger partial charge in [0.05, 0.1) is 0 Å². The largest absolute Gasteiger partial charge is 0.471 e. The second-order valence-electron chi connectivity index (χ2n) is 5.52. The number of nitrogens with two attached hydrogens (primary N) is 1. The predicted molar refractivity (Wildman–Crippen MR) is 87.3 cm³/mol. The number of anilines is 1. The van der Waals surface area contributed by atoms with Crippen LogP contribution in [0, 0.1) is 0 Å². The molecule has 0 unspecified atom stereocenters. The van der Waals surface area contributed by atoms with Gasteiger partial charge in [-0.3, -0.25) is 4.79 Å². The molecule has 24 heavy (non-hydrogen) atoms. The van der Waals surface area contributed by atoms with Gasteiger partial charge in [0.1, 0.15) is 0 Å². The molecule has 6 heteroatoms. The number of nitrogen functional groups attached to an aromatic ring is 1. The third kappa shape index (κ3) is 5.30. The molecule has 0 aliphatic rings. The van der Waals surface area contributed by atoms with Crippen LogP contribution in [0.3, 0.4) is 0 Å².